The molecule has 0 aliphatic heterocycles. The maximum atomic E-state index is 8.94. The molecule has 0 spiro atoms. The van der Waals surface area contributed by atoms with E-state index in [1.165, 1.54) is 30.6 Å². The van der Waals surface area contributed by atoms with E-state index in [9.17, 15) is 0 Å². The van der Waals surface area contributed by atoms with Gasteiger partial charge in [-0.3, -0.25) is 0 Å². The average molecular weight is 890 g/mol. The molecule has 3 nitrogen and oxygen atoms in total. The Kier molecular flexibility index (Phi) is 7.17. The molecule has 9 rings (SSSR count). The third-order valence-corrected chi connectivity index (χ3v) is 9.03. The fraction of sp³-hybridized carbons (Fsp3) is 0.160. The Bertz CT molecular complexity index is 3110. The summed E-state index contributed by atoms with van der Waals surface area (Å²) in [4.78, 5) is 8.60. The van der Waals surface area contributed by atoms with Crippen molar-refractivity contribution in [3.8, 4) is 33.6 Å². The molecule has 0 amide bonds. The Balaban J connectivity index is 0.000000253. The first-order valence-electron chi connectivity index (χ1n) is 22.8. The summed E-state index contributed by atoms with van der Waals surface area (Å²) in [5.41, 5.74) is 5.28. The van der Waals surface area contributed by atoms with Crippen LogP contribution in [0.5, 0.6) is 0 Å². The summed E-state index contributed by atoms with van der Waals surface area (Å²) in [5.74, 6) is 0. The minimum Gasteiger partial charge on any atom is -0.500 e. The maximum Gasteiger partial charge on any atom is 0.129 e. The van der Waals surface area contributed by atoms with E-state index in [0.29, 0.717) is 28.1 Å². The number of nitrogens with zero attached hydrogens (tertiary/aromatic N) is 2. The number of hydrogen-bond acceptors (Lipinski definition) is 3. The molecule has 0 aliphatic rings. The first-order valence-corrected chi connectivity index (χ1v) is 17.3. The monoisotopic (exact) mass is 890 g/mol. The Morgan fingerprint density at radius 3 is 2.17 bits per heavy atom. The Labute approximate surface area is 346 Å². The van der Waals surface area contributed by atoms with Gasteiger partial charge >= 0.3 is 0 Å². The standard InChI is InChI=1S/C37H30NO.C13H12N.Ir/c1-23-22-38-33(20-28(23)21-37(2,3)4)32-12-8-11-30-31-18-15-25-13-14-27-19-26(24-9-6-5-7-10-24)16-17-29(27)34(25)36(31)39-35(30)32;1-10-3-6-12(7-4-10)13-8-5-11(2)9-14-13;/h5-11,13-20,22H,21H2,1-4H3;3-6,8-9H,1-2H3;/q2*-1;/i1D3,21D2;1D3,2D3;. The van der Waals surface area contributed by atoms with Gasteiger partial charge in [-0.2, -0.15) is 0 Å². The van der Waals surface area contributed by atoms with E-state index in [1.54, 1.807) is 39.0 Å². The fourth-order valence-electron chi connectivity index (χ4n) is 6.58. The number of rotatable bonds is 4. The maximum absolute atomic E-state index is 8.94. The summed E-state index contributed by atoms with van der Waals surface area (Å²) >= 11 is 0. The van der Waals surface area contributed by atoms with Gasteiger partial charge in [-0.25, -0.2) is 0 Å². The van der Waals surface area contributed by atoms with Crippen LogP contribution in [0, 0.1) is 38.1 Å². The van der Waals surface area contributed by atoms with Crippen LogP contribution in [0.25, 0.3) is 77.1 Å². The first kappa shape index (κ1) is 25.6. The number of aromatic nitrogens is 2. The van der Waals surface area contributed by atoms with E-state index in [2.05, 4.69) is 76.7 Å². The molecule has 4 heteroatoms. The topological polar surface area (TPSA) is 38.9 Å². The molecule has 0 aliphatic carbocycles. The molecule has 3 aromatic heterocycles. The van der Waals surface area contributed by atoms with E-state index in [0.717, 1.165) is 49.0 Å². The summed E-state index contributed by atoms with van der Waals surface area (Å²) in [5, 5.41) is 6.09. The zero-order chi connectivity index (χ0) is 46.0. The second kappa shape index (κ2) is 15.1. The normalized spacial score (nSPS) is 15.4. The average Bonchev–Trinajstić information content (AvgIpc) is 3.64. The number of pyridine rings is 2. The van der Waals surface area contributed by atoms with Crippen molar-refractivity contribution in [3.63, 3.8) is 0 Å². The summed E-state index contributed by atoms with van der Waals surface area (Å²) in [6.07, 6.45) is 0.640. The molecule has 0 saturated heterocycles. The van der Waals surface area contributed by atoms with Gasteiger partial charge in [-0.15, -0.1) is 53.6 Å². The molecule has 0 unspecified atom stereocenters. The molecule has 0 bridgehead atoms. The van der Waals surface area contributed by atoms with Crippen LogP contribution in [0.1, 0.15) is 58.1 Å². The summed E-state index contributed by atoms with van der Waals surface area (Å²) in [7, 11) is 0. The van der Waals surface area contributed by atoms with Crippen LogP contribution in [-0.4, -0.2) is 9.97 Å². The van der Waals surface area contributed by atoms with Gasteiger partial charge in [-0.05, 0) is 81.4 Å². The minimum atomic E-state index is -2.52. The smallest absolute Gasteiger partial charge is 0.129 e. The molecule has 9 aromatic rings. The number of furan rings is 1. The van der Waals surface area contributed by atoms with Crippen molar-refractivity contribution in [2.75, 3.05) is 0 Å². The van der Waals surface area contributed by atoms with Gasteiger partial charge in [0.1, 0.15) is 5.58 Å². The molecule has 1 radical (unpaired) electrons. The van der Waals surface area contributed by atoms with Gasteiger partial charge in [0.25, 0.3) is 0 Å². The molecular formula is C50H42IrN2O-2. The molecule has 0 fully saturated rings. The van der Waals surface area contributed by atoms with Crippen LogP contribution in [0.3, 0.4) is 0 Å². The van der Waals surface area contributed by atoms with Gasteiger partial charge in [0, 0.05) is 58.3 Å². The van der Waals surface area contributed by atoms with Crippen molar-refractivity contribution in [1.82, 2.24) is 9.97 Å². The second-order valence-corrected chi connectivity index (χ2v) is 14.0. The molecule has 3 heterocycles. The molecule has 0 saturated carbocycles. The van der Waals surface area contributed by atoms with E-state index in [4.69, 9.17) is 19.5 Å². The SMILES string of the molecule is [2H]C([2H])([2H])c1c[c-]c(-c2ccc(C([2H])([2H])[2H])cn2)cc1.[2H]C([2H])([2H])c1cnc(-c2[c-]ccc3c2oc2c3ccc3ccc4cc(-c5ccccc5)ccc4c32)cc1C([2H])([2H])C(C)(C)C.[Ir]. The van der Waals surface area contributed by atoms with Gasteiger partial charge in [0.2, 0.25) is 0 Å². The van der Waals surface area contributed by atoms with Crippen LogP contribution in [0.15, 0.2) is 138 Å². The Hall–Kier alpha value is -5.41. The predicted molar refractivity (Wildman–Crippen MR) is 222 cm³/mol. The van der Waals surface area contributed by atoms with Crippen molar-refractivity contribution < 1.29 is 39.6 Å². The van der Waals surface area contributed by atoms with E-state index in [1.807, 2.05) is 30.3 Å². The van der Waals surface area contributed by atoms with Crippen molar-refractivity contribution in [3.05, 3.63) is 168 Å². The molecule has 6 aromatic carbocycles. The molecule has 0 N–H and O–H groups in total. The fourth-order valence-corrected chi connectivity index (χ4v) is 6.58. The Morgan fingerprint density at radius 1 is 0.667 bits per heavy atom. The third kappa shape index (κ3) is 7.50. The Morgan fingerprint density at radius 2 is 1.43 bits per heavy atom. The summed E-state index contributed by atoms with van der Waals surface area (Å²) in [6.45, 7) is -1.56. The molecule has 269 valence electrons. The van der Waals surface area contributed by atoms with Gasteiger partial charge < -0.3 is 14.4 Å². The van der Waals surface area contributed by atoms with Crippen LogP contribution in [0.2, 0.25) is 0 Å². The van der Waals surface area contributed by atoms with Crippen molar-refractivity contribution in [2.24, 2.45) is 5.41 Å². The van der Waals surface area contributed by atoms with Crippen molar-refractivity contribution >= 4 is 43.5 Å². The van der Waals surface area contributed by atoms with Gasteiger partial charge in [0.15, 0.2) is 0 Å². The van der Waals surface area contributed by atoms with Crippen molar-refractivity contribution in [2.45, 2.75) is 47.7 Å². The summed E-state index contributed by atoms with van der Waals surface area (Å²) in [6, 6.07) is 44.2. The quantitative estimate of drug-likeness (QED) is 0.131. The second-order valence-electron chi connectivity index (χ2n) is 14.0. The van der Waals surface area contributed by atoms with E-state index < -0.39 is 32.3 Å². The number of fused-ring (bicyclic) bond motifs is 7. The number of hydrogen-bond donors (Lipinski definition) is 0. The zero-order valence-electron chi connectivity index (χ0n) is 40.8. The van der Waals surface area contributed by atoms with Crippen LogP contribution < -0.4 is 0 Å². The van der Waals surface area contributed by atoms with E-state index in [-0.39, 0.29) is 42.4 Å². The third-order valence-electron chi connectivity index (χ3n) is 9.03. The van der Waals surface area contributed by atoms with Crippen LogP contribution >= 0.6 is 0 Å². The molecular weight excluding hydrogens is 837 g/mol. The van der Waals surface area contributed by atoms with Crippen LogP contribution in [-0.2, 0) is 26.5 Å². The molecule has 54 heavy (non-hydrogen) atoms. The largest absolute Gasteiger partial charge is 0.500 e. The first-order chi connectivity index (χ1) is 30.0. The summed E-state index contributed by atoms with van der Waals surface area (Å²) < 4.78 is 92.5. The molecule has 0 atom stereocenters. The van der Waals surface area contributed by atoms with Gasteiger partial charge in [-0.1, -0.05) is 129 Å². The van der Waals surface area contributed by atoms with E-state index >= 15 is 0 Å². The van der Waals surface area contributed by atoms with Crippen LogP contribution in [0.4, 0.5) is 0 Å². The zero-order valence-corrected chi connectivity index (χ0v) is 32.2. The number of benzene rings is 6. The minimum absolute atomic E-state index is 0. The predicted octanol–water partition coefficient (Wildman–Crippen LogP) is 13.5. The van der Waals surface area contributed by atoms with Crippen molar-refractivity contribution in [1.29, 1.82) is 0 Å². The van der Waals surface area contributed by atoms with Gasteiger partial charge in [0.05, 0.1) is 5.58 Å². The number of aryl methyl sites for hydroxylation is 3.